The van der Waals surface area contributed by atoms with Gasteiger partial charge in [0, 0.05) is 42.1 Å². The lowest BCUT2D eigenvalue weighted by molar-refractivity contribution is -0.0268. The molecule has 1 saturated heterocycles. The highest BCUT2D eigenvalue weighted by atomic mass is 16.5. The van der Waals surface area contributed by atoms with Crippen molar-refractivity contribution in [2.45, 2.75) is 26.5 Å². The van der Waals surface area contributed by atoms with E-state index in [1.54, 1.807) is 6.20 Å². The van der Waals surface area contributed by atoms with Gasteiger partial charge in [-0.25, -0.2) is 9.97 Å². The molecule has 4 rings (SSSR count). The third kappa shape index (κ3) is 2.97. The molecule has 0 N–H and O–H groups in total. The number of aromatic nitrogens is 3. The Morgan fingerprint density at radius 1 is 1.31 bits per heavy atom. The van der Waals surface area contributed by atoms with E-state index in [1.165, 1.54) is 0 Å². The molecule has 1 aliphatic rings. The summed E-state index contributed by atoms with van der Waals surface area (Å²) >= 11 is 0. The summed E-state index contributed by atoms with van der Waals surface area (Å²) in [4.78, 5) is 23.8. The van der Waals surface area contributed by atoms with Crippen molar-refractivity contribution in [3.05, 3.63) is 59.8 Å². The fraction of sp³-hybridized carbons (Fsp3) is 0.350. The first-order valence-corrected chi connectivity index (χ1v) is 8.95. The van der Waals surface area contributed by atoms with Crippen molar-refractivity contribution in [3.63, 3.8) is 0 Å². The van der Waals surface area contributed by atoms with Crippen molar-refractivity contribution in [2.75, 3.05) is 19.7 Å². The fourth-order valence-corrected chi connectivity index (χ4v) is 3.46. The minimum Gasteiger partial charge on any atom is -0.367 e. The number of carbonyl (C=O) groups excluding carboxylic acids is 1. The lowest BCUT2D eigenvalue weighted by atomic mass is 10.1. The lowest BCUT2D eigenvalue weighted by Crippen LogP contribution is -2.42. The maximum Gasteiger partial charge on any atom is 0.256 e. The van der Waals surface area contributed by atoms with Crippen molar-refractivity contribution >= 4 is 16.8 Å². The highest BCUT2D eigenvalue weighted by molar-refractivity contribution is 6.07. The molecule has 0 aliphatic carbocycles. The number of rotatable bonds is 3. The van der Waals surface area contributed by atoms with Crippen LogP contribution in [-0.4, -0.2) is 45.0 Å². The van der Waals surface area contributed by atoms with E-state index >= 15 is 0 Å². The van der Waals surface area contributed by atoms with Crippen LogP contribution >= 0.6 is 0 Å². The average Bonchev–Trinajstić information content (AvgIpc) is 3.06. The third-order valence-electron chi connectivity index (χ3n) is 4.81. The maximum absolute atomic E-state index is 13.2. The second-order valence-corrected chi connectivity index (χ2v) is 6.51. The number of morpholine rings is 1. The van der Waals surface area contributed by atoms with E-state index in [4.69, 9.17) is 4.74 Å². The first-order chi connectivity index (χ1) is 12.7. The standard InChI is InChI=1S/C20H22N4O2/c1-3-23-12-16(15-6-4-5-7-17(15)23)20(25)24-10-11-26-18(13-24)19-21-9-8-14(2)22-19/h4-9,12,18H,3,10-11,13H2,1-2H3/t18-/m1/s1. The van der Waals surface area contributed by atoms with E-state index in [0.29, 0.717) is 25.5 Å². The van der Waals surface area contributed by atoms with E-state index in [9.17, 15) is 4.79 Å². The normalized spacial score (nSPS) is 17.6. The van der Waals surface area contributed by atoms with Gasteiger partial charge >= 0.3 is 0 Å². The van der Waals surface area contributed by atoms with Gasteiger partial charge < -0.3 is 14.2 Å². The summed E-state index contributed by atoms with van der Waals surface area (Å²) in [6.45, 7) is 6.37. The van der Waals surface area contributed by atoms with E-state index in [0.717, 1.165) is 28.7 Å². The Bertz CT molecular complexity index is 950. The molecule has 2 aromatic heterocycles. The number of hydrogen-bond donors (Lipinski definition) is 0. The predicted molar refractivity (Wildman–Crippen MR) is 99.0 cm³/mol. The van der Waals surface area contributed by atoms with Gasteiger partial charge in [-0.1, -0.05) is 18.2 Å². The van der Waals surface area contributed by atoms with Crippen molar-refractivity contribution in [2.24, 2.45) is 0 Å². The number of aryl methyl sites for hydroxylation is 2. The average molecular weight is 350 g/mol. The van der Waals surface area contributed by atoms with Gasteiger partial charge in [0.1, 0.15) is 6.10 Å². The van der Waals surface area contributed by atoms with E-state index in [2.05, 4.69) is 27.5 Å². The highest BCUT2D eigenvalue weighted by Gasteiger charge is 2.29. The smallest absolute Gasteiger partial charge is 0.256 e. The summed E-state index contributed by atoms with van der Waals surface area (Å²) in [6, 6.07) is 9.90. The van der Waals surface area contributed by atoms with Crippen LogP contribution in [0.25, 0.3) is 10.9 Å². The minimum atomic E-state index is -0.285. The van der Waals surface area contributed by atoms with E-state index < -0.39 is 0 Å². The van der Waals surface area contributed by atoms with Gasteiger partial charge in [-0.2, -0.15) is 0 Å². The summed E-state index contributed by atoms with van der Waals surface area (Å²) in [7, 11) is 0. The molecule has 1 fully saturated rings. The molecule has 1 aliphatic heterocycles. The molecule has 1 amide bonds. The highest BCUT2D eigenvalue weighted by Crippen LogP contribution is 2.25. The number of fused-ring (bicyclic) bond motifs is 1. The van der Waals surface area contributed by atoms with Crippen LogP contribution in [0.1, 0.15) is 34.9 Å². The zero-order chi connectivity index (χ0) is 18.1. The lowest BCUT2D eigenvalue weighted by Gasteiger charge is -2.32. The molecule has 0 saturated carbocycles. The van der Waals surface area contributed by atoms with Crippen molar-refractivity contribution in [1.29, 1.82) is 0 Å². The van der Waals surface area contributed by atoms with Gasteiger partial charge in [-0.05, 0) is 26.0 Å². The van der Waals surface area contributed by atoms with Crippen LogP contribution in [0.2, 0.25) is 0 Å². The number of carbonyl (C=O) groups is 1. The van der Waals surface area contributed by atoms with Gasteiger partial charge in [-0.15, -0.1) is 0 Å². The van der Waals surface area contributed by atoms with Crippen LogP contribution in [0.4, 0.5) is 0 Å². The molecule has 134 valence electrons. The zero-order valence-electron chi connectivity index (χ0n) is 15.1. The van der Waals surface area contributed by atoms with Gasteiger partial charge in [0.15, 0.2) is 5.82 Å². The maximum atomic E-state index is 13.2. The zero-order valence-corrected chi connectivity index (χ0v) is 15.1. The number of para-hydroxylation sites is 1. The molecule has 26 heavy (non-hydrogen) atoms. The second-order valence-electron chi connectivity index (χ2n) is 6.51. The molecular weight excluding hydrogens is 328 g/mol. The largest absolute Gasteiger partial charge is 0.367 e. The number of hydrogen-bond acceptors (Lipinski definition) is 4. The SMILES string of the molecule is CCn1cc(C(=O)N2CCO[C@@H](c3nccc(C)n3)C2)c2ccccc21. The molecule has 3 aromatic rings. The van der Waals surface area contributed by atoms with Crippen LogP contribution < -0.4 is 0 Å². The Labute approximate surface area is 152 Å². The second kappa shape index (κ2) is 6.88. The summed E-state index contributed by atoms with van der Waals surface area (Å²) in [5.74, 6) is 0.674. The summed E-state index contributed by atoms with van der Waals surface area (Å²) < 4.78 is 7.94. The molecule has 1 aromatic carbocycles. The van der Waals surface area contributed by atoms with E-state index in [-0.39, 0.29) is 12.0 Å². The molecule has 0 spiro atoms. The summed E-state index contributed by atoms with van der Waals surface area (Å²) in [5.41, 5.74) is 2.73. The monoisotopic (exact) mass is 350 g/mol. The Hall–Kier alpha value is -2.73. The molecule has 0 unspecified atom stereocenters. The summed E-state index contributed by atoms with van der Waals surface area (Å²) in [5, 5.41) is 0.995. The van der Waals surface area contributed by atoms with Crippen molar-refractivity contribution in [3.8, 4) is 0 Å². The Morgan fingerprint density at radius 2 is 2.15 bits per heavy atom. The predicted octanol–water partition coefficient (Wildman–Crippen LogP) is 2.97. The van der Waals surface area contributed by atoms with Crippen LogP contribution in [0, 0.1) is 6.92 Å². The Balaban J connectivity index is 1.62. The topological polar surface area (TPSA) is 60.2 Å². The minimum absolute atomic E-state index is 0.0364. The van der Waals surface area contributed by atoms with Crippen LogP contribution in [-0.2, 0) is 11.3 Å². The fourth-order valence-electron chi connectivity index (χ4n) is 3.46. The Kier molecular flexibility index (Phi) is 4.42. The number of ether oxygens (including phenoxy) is 1. The number of benzene rings is 1. The molecular formula is C20H22N4O2. The number of nitrogens with zero attached hydrogens (tertiary/aromatic N) is 4. The molecule has 6 nitrogen and oxygen atoms in total. The van der Waals surface area contributed by atoms with Crippen molar-refractivity contribution < 1.29 is 9.53 Å². The summed E-state index contributed by atoms with van der Waals surface area (Å²) in [6.07, 6.45) is 3.41. The number of amides is 1. The molecule has 1 atom stereocenters. The Morgan fingerprint density at radius 3 is 2.96 bits per heavy atom. The van der Waals surface area contributed by atoms with Gasteiger partial charge in [-0.3, -0.25) is 4.79 Å². The quantitative estimate of drug-likeness (QED) is 0.729. The van der Waals surface area contributed by atoms with Crippen LogP contribution in [0.5, 0.6) is 0 Å². The van der Waals surface area contributed by atoms with Crippen LogP contribution in [0.15, 0.2) is 42.7 Å². The van der Waals surface area contributed by atoms with Crippen molar-refractivity contribution in [1.82, 2.24) is 19.4 Å². The molecule has 3 heterocycles. The molecule has 6 heteroatoms. The molecule has 0 radical (unpaired) electrons. The van der Waals surface area contributed by atoms with Crippen LogP contribution in [0.3, 0.4) is 0 Å². The van der Waals surface area contributed by atoms with Gasteiger partial charge in [0.05, 0.1) is 18.7 Å². The first kappa shape index (κ1) is 16.7. The molecule has 0 bridgehead atoms. The van der Waals surface area contributed by atoms with Gasteiger partial charge in [0.2, 0.25) is 0 Å². The van der Waals surface area contributed by atoms with E-state index in [1.807, 2.05) is 42.3 Å². The third-order valence-corrected chi connectivity index (χ3v) is 4.81. The first-order valence-electron chi connectivity index (χ1n) is 8.95. The van der Waals surface area contributed by atoms with Gasteiger partial charge in [0.25, 0.3) is 5.91 Å².